The fraction of sp³-hybridized carbons (Fsp3) is 0.500. The van der Waals surface area contributed by atoms with Gasteiger partial charge in [-0.05, 0) is 43.0 Å². The van der Waals surface area contributed by atoms with Gasteiger partial charge in [-0.15, -0.1) is 0 Å². The van der Waals surface area contributed by atoms with Gasteiger partial charge in [0.25, 0.3) is 5.91 Å². The summed E-state index contributed by atoms with van der Waals surface area (Å²) in [4.78, 5) is 37.1. The molecule has 1 fully saturated rings. The standard InChI is InChI=1S/C22H26F3N3O4/c23-22(24,25)18-9-7-17(8-10-18)21(31)27-12-4-3-11-26(27)20(30)14-19(28(32)15-29)13-16-5-1-2-6-16/h3,7-11,15-16,19,32H,1-2,4-6,12-14H2. The molecule has 1 aliphatic heterocycles. The highest BCUT2D eigenvalue weighted by atomic mass is 19.4. The molecule has 32 heavy (non-hydrogen) atoms. The molecule has 0 bridgehead atoms. The highest BCUT2D eigenvalue weighted by molar-refractivity contribution is 5.95. The number of nitrogens with zero attached hydrogens (tertiary/aromatic N) is 3. The van der Waals surface area contributed by atoms with E-state index in [0.29, 0.717) is 23.8 Å². The Bertz CT molecular complexity index is 851. The molecule has 1 atom stereocenters. The lowest BCUT2D eigenvalue weighted by molar-refractivity contribution is -0.166. The zero-order chi connectivity index (χ0) is 23.3. The lowest BCUT2D eigenvalue weighted by Crippen LogP contribution is -2.50. The summed E-state index contributed by atoms with van der Waals surface area (Å²) in [5.74, 6) is -0.797. The van der Waals surface area contributed by atoms with Crippen LogP contribution in [0.1, 0.15) is 60.9 Å². The Labute approximate surface area is 184 Å². The molecule has 7 nitrogen and oxygen atoms in total. The number of rotatable bonds is 7. The maximum atomic E-state index is 13.0. The number of carbonyl (C=O) groups is 3. The number of hydrogen-bond acceptors (Lipinski definition) is 4. The summed E-state index contributed by atoms with van der Waals surface area (Å²) < 4.78 is 38.4. The third-order valence-electron chi connectivity index (χ3n) is 5.94. The number of hydrogen-bond donors (Lipinski definition) is 1. The third kappa shape index (κ3) is 5.67. The minimum absolute atomic E-state index is 0.0188. The monoisotopic (exact) mass is 453 g/mol. The second-order valence-corrected chi connectivity index (χ2v) is 8.14. The van der Waals surface area contributed by atoms with Crippen molar-refractivity contribution in [1.82, 2.24) is 15.1 Å². The van der Waals surface area contributed by atoms with Gasteiger partial charge in [-0.1, -0.05) is 31.8 Å². The second-order valence-electron chi connectivity index (χ2n) is 8.14. The van der Waals surface area contributed by atoms with Gasteiger partial charge >= 0.3 is 6.18 Å². The van der Waals surface area contributed by atoms with Crippen molar-refractivity contribution in [2.24, 2.45) is 5.92 Å². The number of hydroxylamine groups is 2. The van der Waals surface area contributed by atoms with Crippen LogP contribution in [0.25, 0.3) is 0 Å². The van der Waals surface area contributed by atoms with Crippen molar-refractivity contribution >= 4 is 18.2 Å². The first-order valence-corrected chi connectivity index (χ1v) is 10.6. The van der Waals surface area contributed by atoms with Crippen LogP contribution in [0.3, 0.4) is 0 Å². The van der Waals surface area contributed by atoms with Crippen LogP contribution >= 0.6 is 0 Å². The van der Waals surface area contributed by atoms with Crippen molar-refractivity contribution in [2.75, 3.05) is 6.54 Å². The van der Waals surface area contributed by atoms with E-state index in [2.05, 4.69) is 0 Å². The molecule has 1 saturated carbocycles. The molecule has 174 valence electrons. The van der Waals surface area contributed by atoms with Crippen LogP contribution < -0.4 is 0 Å². The van der Waals surface area contributed by atoms with Crippen molar-refractivity contribution in [2.45, 2.75) is 57.2 Å². The van der Waals surface area contributed by atoms with E-state index in [4.69, 9.17) is 0 Å². The Balaban J connectivity index is 1.73. The fourth-order valence-corrected chi connectivity index (χ4v) is 4.22. The van der Waals surface area contributed by atoms with Crippen molar-refractivity contribution in [3.8, 4) is 0 Å². The SMILES string of the molecule is O=CN(O)C(CC(=O)N1C=CCCN1C(=O)c1ccc(C(F)(F)F)cc1)CC1CCCC1. The van der Waals surface area contributed by atoms with E-state index in [0.717, 1.165) is 55.0 Å². The summed E-state index contributed by atoms with van der Waals surface area (Å²) in [6.07, 6.45) is 3.74. The lowest BCUT2D eigenvalue weighted by atomic mass is 9.96. The molecule has 0 spiro atoms. The average Bonchev–Trinajstić information content (AvgIpc) is 3.30. The minimum atomic E-state index is -4.51. The zero-order valence-corrected chi connectivity index (χ0v) is 17.5. The number of halogens is 3. The van der Waals surface area contributed by atoms with Crippen LogP contribution in [0.5, 0.6) is 0 Å². The van der Waals surface area contributed by atoms with Gasteiger partial charge < -0.3 is 0 Å². The van der Waals surface area contributed by atoms with E-state index >= 15 is 0 Å². The number of hydrazine groups is 1. The van der Waals surface area contributed by atoms with E-state index in [-0.39, 0.29) is 24.9 Å². The van der Waals surface area contributed by atoms with Gasteiger partial charge in [0.1, 0.15) is 0 Å². The van der Waals surface area contributed by atoms with Crippen LogP contribution in [0, 0.1) is 5.92 Å². The maximum absolute atomic E-state index is 13.0. The normalized spacial score (nSPS) is 18.0. The summed E-state index contributed by atoms with van der Waals surface area (Å²) in [7, 11) is 0. The molecule has 0 saturated heterocycles. The fourth-order valence-electron chi connectivity index (χ4n) is 4.22. The van der Waals surface area contributed by atoms with E-state index in [1.807, 2.05) is 0 Å². The van der Waals surface area contributed by atoms with Gasteiger partial charge in [-0.25, -0.2) is 15.1 Å². The molecule has 0 radical (unpaired) electrons. The van der Waals surface area contributed by atoms with Gasteiger partial charge in [0.05, 0.1) is 18.0 Å². The smallest absolute Gasteiger partial charge is 0.286 e. The van der Waals surface area contributed by atoms with Crippen molar-refractivity contribution in [1.29, 1.82) is 0 Å². The predicted molar refractivity (Wildman–Crippen MR) is 108 cm³/mol. The van der Waals surface area contributed by atoms with E-state index < -0.39 is 29.6 Å². The molecular weight excluding hydrogens is 427 g/mol. The molecule has 0 aromatic heterocycles. The van der Waals surface area contributed by atoms with Gasteiger partial charge in [0.2, 0.25) is 12.3 Å². The highest BCUT2D eigenvalue weighted by Crippen LogP contribution is 2.31. The average molecular weight is 453 g/mol. The lowest BCUT2D eigenvalue weighted by Gasteiger charge is -2.36. The summed E-state index contributed by atoms with van der Waals surface area (Å²) in [5, 5.41) is 12.8. The van der Waals surface area contributed by atoms with Gasteiger partial charge in [-0.2, -0.15) is 13.2 Å². The Morgan fingerprint density at radius 2 is 1.84 bits per heavy atom. The Kier molecular flexibility index (Phi) is 7.55. The summed E-state index contributed by atoms with van der Waals surface area (Å²) in [6.45, 7) is 0.173. The summed E-state index contributed by atoms with van der Waals surface area (Å²) >= 11 is 0. The minimum Gasteiger partial charge on any atom is -0.286 e. The molecule has 3 rings (SSSR count). The maximum Gasteiger partial charge on any atom is 0.416 e. The van der Waals surface area contributed by atoms with Gasteiger partial charge in [-0.3, -0.25) is 19.6 Å². The molecule has 3 amide bonds. The predicted octanol–water partition coefficient (Wildman–Crippen LogP) is 4.00. The largest absolute Gasteiger partial charge is 0.416 e. The molecule has 1 unspecified atom stereocenters. The Morgan fingerprint density at radius 3 is 2.44 bits per heavy atom. The van der Waals surface area contributed by atoms with E-state index in [1.54, 1.807) is 6.08 Å². The van der Waals surface area contributed by atoms with Gasteiger partial charge in [0.15, 0.2) is 0 Å². The molecule has 10 heteroatoms. The Hall–Kier alpha value is -2.88. The molecule has 1 heterocycles. The van der Waals surface area contributed by atoms with E-state index in [1.165, 1.54) is 11.2 Å². The van der Waals surface area contributed by atoms with Crippen LogP contribution in [-0.4, -0.2) is 51.1 Å². The van der Waals surface area contributed by atoms with Crippen LogP contribution in [-0.2, 0) is 15.8 Å². The first-order valence-electron chi connectivity index (χ1n) is 10.6. The molecule has 1 aromatic rings. The quantitative estimate of drug-likeness (QED) is 0.385. The van der Waals surface area contributed by atoms with Crippen LogP contribution in [0.2, 0.25) is 0 Å². The topological polar surface area (TPSA) is 81.2 Å². The van der Waals surface area contributed by atoms with Crippen LogP contribution in [0.4, 0.5) is 13.2 Å². The first kappa shape index (κ1) is 23.8. The highest BCUT2D eigenvalue weighted by Gasteiger charge is 2.33. The number of amides is 3. The Morgan fingerprint density at radius 1 is 1.19 bits per heavy atom. The van der Waals surface area contributed by atoms with Crippen LogP contribution in [0.15, 0.2) is 36.5 Å². The van der Waals surface area contributed by atoms with Crippen molar-refractivity contribution < 1.29 is 32.8 Å². The zero-order valence-electron chi connectivity index (χ0n) is 17.5. The molecule has 2 aliphatic rings. The summed E-state index contributed by atoms with van der Waals surface area (Å²) in [6, 6.07) is 3.09. The first-order chi connectivity index (χ1) is 15.2. The summed E-state index contributed by atoms with van der Waals surface area (Å²) in [5.41, 5.74) is -0.850. The molecule has 1 N–H and O–H groups in total. The number of carbonyl (C=O) groups excluding carboxylic acids is 3. The number of benzene rings is 1. The molecule has 1 aliphatic carbocycles. The second kappa shape index (κ2) is 10.2. The van der Waals surface area contributed by atoms with Crippen molar-refractivity contribution in [3.05, 3.63) is 47.7 Å². The number of alkyl halides is 3. The van der Waals surface area contributed by atoms with Gasteiger partial charge in [0, 0.05) is 18.3 Å². The molecular formula is C22H26F3N3O4. The van der Waals surface area contributed by atoms with E-state index in [9.17, 15) is 32.8 Å². The third-order valence-corrected chi connectivity index (χ3v) is 5.94. The van der Waals surface area contributed by atoms with Crippen molar-refractivity contribution in [3.63, 3.8) is 0 Å². The molecule has 1 aromatic carbocycles.